The van der Waals surface area contributed by atoms with Crippen LogP contribution in [0.2, 0.25) is 0 Å². The van der Waals surface area contributed by atoms with E-state index in [2.05, 4.69) is 48.5 Å². The Kier molecular flexibility index (Phi) is 6.49. The maximum Gasteiger partial charge on any atom is 0 e. The quantitative estimate of drug-likeness (QED) is 0.533. The van der Waals surface area contributed by atoms with Gasteiger partial charge in [-0.3, -0.25) is 0 Å². The van der Waals surface area contributed by atoms with Gasteiger partial charge in [-0.25, -0.2) is 0 Å². The largest absolute Gasteiger partial charge is 0.0619 e. The molecule has 0 heterocycles. The van der Waals surface area contributed by atoms with Crippen molar-refractivity contribution in [2.75, 3.05) is 0 Å². The molecular formula is C13H10K2. The van der Waals surface area contributed by atoms with Crippen LogP contribution in [0.15, 0.2) is 48.5 Å². The van der Waals surface area contributed by atoms with Crippen LogP contribution in [0.4, 0.5) is 0 Å². The summed E-state index contributed by atoms with van der Waals surface area (Å²) in [5.41, 5.74) is 5.75. The van der Waals surface area contributed by atoms with Crippen LogP contribution in [0.5, 0.6) is 0 Å². The molecule has 0 saturated carbocycles. The first-order chi connectivity index (χ1) is 6.45. The fourth-order valence-corrected chi connectivity index (χ4v) is 2.08. The summed E-state index contributed by atoms with van der Waals surface area (Å²) in [7, 11) is 0. The number of hydrogen-bond acceptors (Lipinski definition) is 0. The van der Waals surface area contributed by atoms with Crippen molar-refractivity contribution in [1.29, 1.82) is 0 Å². The third-order valence-electron chi connectivity index (χ3n) is 2.71. The van der Waals surface area contributed by atoms with Crippen molar-refractivity contribution >= 4 is 103 Å². The maximum atomic E-state index is 2.22. The molecule has 15 heavy (non-hydrogen) atoms. The molecule has 0 unspecified atom stereocenters. The summed E-state index contributed by atoms with van der Waals surface area (Å²) in [5, 5.41) is 0. The molecule has 2 radical (unpaired) electrons. The van der Waals surface area contributed by atoms with E-state index in [0.717, 1.165) is 6.42 Å². The zero-order chi connectivity index (χ0) is 8.67. The molecule has 0 atom stereocenters. The Morgan fingerprint density at radius 2 is 1.00 bits per heavy atom. The summed E-state index contributed by atoms with van der Waals surface area (Å²) in [5.74, 6) is 0. The molecule has 2 aromatic rings. The summed E-state index contributed by atoms with van der Waals surface area (Å²) in [6.07, 6.45) is 1.10. The minimum absolute atomic E-state index is 0. The molecule has 1 aliphatic carbocycles. The molecule has 0 bridgehead atoms. The third kappa shape index (κ3) is 2.94. The summed E-state index contributed by atoms with van der Waals surface area (Å²) in [4.78, 5) is 0. The van der Waals surface area contributed by atoms with Gasteiger partial charge in [0.1, 0.15) is 0 Å². The predicted octanol–water partition coefficient (Wildman–Crippen LogP) is 2.50. The van der Waals surface area contributed by atoms with Crippen LogP contribution >= 0.6 is 0 Å². The minimum atomic E-state index is 0. The molecule has 2 aromatic carbocycles. The molecule has 2 heteroatoms. The SMILES string of the molecule is [K].[K].c1ccc2c(c1)Cc1ccccc1-2. The van der Waals surface area contributed by atoms with Crippen LogP contribution in [-0.2, 0) is 6.42 Å². The van der Waals surface area contributed by atoms with Gasteiger partial charge >= 0.3 is 0 Å². The number of rotatable bonds is 0. The van der Waals surface area contributed by atoms with Crippen molar-refractivity contribution in [3.8, 4) is 11.1 Å². The topological polar surface area (TPSA) is 0 Å². The molecule has 1 aliphatic rings. The van der Waals surface area contributed by atoms with E-state index in [4.69, 9.17) is 0 Å². The van der Waals surface area contributed by atoms with Gasteiger partial charge in [-0.05, 0) is 28.7 Å². The second kappa shape index (κ2) is 6.59. The molecule has 0 aliphatic heterocycles. The van der Waals surface area contributed by atoms with Gasteiger partial charge < -0.3 is 0 Å². The van der Waals surface area contributed by atoms with Crippen molar-refractivity contribution < 1.29 is 0 Å². The first-order valence-corrected chi connectivity index (χ1v) is 4.61. The molecule has 0 amide bonds. The molecule has 3 rings (SSSR count). The zero-order valence-electron chi connectivity index (χ0n) is 9.33. The van der Waals surface area contributed by atoms with E-state index in [1.807, 2.05) is 0 Å². The Morgan fingerprint density at radius 3 is 1.47 bits per heavy atom. The Bertz CT molecular complexity index is 420. The molecule has 0 N–H and O–H groups in total. The van der Waals surface area contributed by atoms with E-state index >= 15 is 0 Å². The third-order valence-corrected chi connectivity index (χ3v) is 2.71. The van der Waals surface area contributed by atoms with Crippen molar-refractivity contribution in [1.82, 2.24) is 0 Å². The zero-order valence-corrected chi connectivity index (χ0v) is 15.6. The molecule has 0 nitrogen and oxygen atoms in total. The molecule has 0 spiro atoms. The van der Waals surface area contributed by atoms with Crippen LogP contribution in [-0.4, -0.2) is 103 Å². The molecule has 0 saturated heterocycles. The predicted molar refractivity (Wildman–Crippen MR) is 66.2 cm³/mol. The van der Waals surface area contributed by atoms with Gasteiger partial charge in [0.05, 0.1) is 0 Å². The minimum Gasteiger partial charge on any atom is -0.0619 e. The Labute approximate surface area is 176 Å². The van der Waals surface area contributed by atoms with Gasteiger partial charge in [0, 0.05) is 103 Å². The van der Waals surface area contributed by atoms with E-state index in [1.165, 1.54) is 22.3 Å². The standard InChI is InChI=1S/C13H10.2K/c1-3-7-12-10(5-1)9-11-6-2-4-8-13(11)12;;/h1-8H,9H2;;. The van der Waals surface area contributed by atoms with Crippen LogP contribution in [0.25, 0.3) is 11.1 Å². The van der Waals surface area contributed by atoms with E-state index < -0.39 is 0 Å². The normalized spacial score (nSPS) is 10.7. The van der Waals surface area contributed by atoms with Crippen LogP contribution in [0.3, 0.4) is 0 Å². The molecule has 64 valence electrons. The van der Waals surface area contributed by atoms with E-state index in [0.29, 0.717) is 0 Å². The monoisotopic (exact) mass is 244 g/mol. The first kappa shape index (κ1) is 14.8. The molecule has 0 aromatic heterocycles. The summed E-state index contributed by atoms with van der Waals surface area (Å²) >= 11 is 0. The van der Waals surface area contributed by atoms with Gasteiger partial charge in [-0.15, -0.1) is 0 Å². The fraction of sp³-hybridized carbons (Fsp3) is 0.0769. The van der Waals surface area contributed by atoms with E-state index in [-0.39, 0.29) is 103 Å². The van der Waals surface area contributed by atoms with Crippen LogP contribution in [0, 0.1) is 0 Å². The van der Waals surface area contributed by atoms with E-state index in [1.54, 1.807) is 0 Å². The Morgan fingerprint density at radius 1 is 0.600 bits per heavy atom. The number of benzene rings is 2. The molecular weight excluding hydrogens is 234 g/mol. The number of fused-ring (bicyclic) bond motifs is 3. The maximum absolute atomic E-state index is 2.22. The van der Waals surface area contributed by atoms with Crippen molar-refractivity contribution in [3.63, 3.8) is 0 Å². The summed E-state index contributed by atoms with van der Waals surface area (Å²) in [6, 6.07) is 17.3. The average Bonchev–Trinajstić information content (AvgIpc) is 2.56. The smallest absolute Gasteiger partial charge is 0 e. The Balaban J connectivity index is 0.000000562. The van der Waals surface area contributed by atoms with Crippen molar-refractivity contribution in [2.24, 2.45) is 0 Å². The van der Waals surface area contributed by atoms with E-state index in [9.17, 15) is 0 Å². The fourth-order valence-electron chi connectivity index (χ4n) is 2.08. The van der Waals surface area contributed by atoms with Crippen LogP contribution < -0.4 is 0 Å². The second-order valence-corrected chi connectivity index (χ2v) is 3.49. The van der Waals surface area contributed by atoms with Gasteiger partial charge in [0.25, 0.3) is 0 Å². The first-order valence-electron chi connectivity index (χ1n) is 4.61. The van der Waals surface area contributed by atoms with Crippen LogP contribution in [0.1, 0.15) is 11.1 Å². The average molecular weight is 244 g/mol. The summed E-state index contributed by atoms with van der Waals surface area (Å²) in [6.45, 7) is 0. The second-order valence-electron chi connectivity index (χ2n) is 3.49. The van der Waals surface area contributed by atoms with Gasteiger partial charge in [0.15, 0.2) is 0 Å². The van der Waals surface area contributed by atoms with Gasteiger partial charge in [-0.2, -0.15) is 0 Å². The number of hydrogen-bond donors (Lipinski definition) is 0. The van der Waals surface area contributed by atoms with Crippen molar-refractivity contribution in [3.05, 3.63) is 59.7 Å². The summed E-state index contributed by atoms with van der Waals surface area (Å²) < 4.78 is 0. The van der Waals surface area contributed by atoms with Crippen molar-refractivity contribution in [2.45, 2.75) is 6.42 Å². The van der Waals surface area contributed by atoms with Gasteiger partial charge in [-0.1, -0.05) is 48.5 Å². The van der Waals surface area contributed by atoms with Gasteiger partial charge in [0.2, 0.25) is 0 Å². The molecule has 0 fully saturated rings. The Hall–Kier alpha value is 1.71.